The van der Waals surface area contributed by atoms with E-state index in [0.29, 0.717) is 23.2 Å². The molecule has 4 N–H and O–H groups in total. The van der Waals surface area contributed by atoms with Gasteiger partial charge in [0.05, 0.1) is 18.4 Å². The summed E-state index contributed by atoms with van der Waals surface area (Å²) < 4.78 is 7.89. The van der Waals surface area contributed by atoms with Crippen LogP contribution in [-0.2, 0) is 11.2 Å². The van der Waals surface area contributed by atoms with E-state index in [1.54, 1.807) is 17.6 Å². The van der Waals surface area contributed by atoms with Crippen LogP contribution in [0.4, 0.5) is 11.8 Å². The Hall–Kier alpha value is -2.16. The zero-order valence-corrected chi connectivity index (χ0v) is 15.7. The van der Waals surface area contributed by atoms with Crippen molar-refractivity contribution < 1.29 is 9.84 Å². The number of nitrogens with zero attached hydrogens (tertiary/aromatic N) is 3. The summed E-state index contributed by atoms with van der Waals surface area (Å²) in [5, 5.41) is 14.8. The van der Waals surface area contributed by atoms with Crippen LogP contribution in [0.3, 0.4) is 0 Å². The highest BCUT2D eigenvalue weighted by Crippen LogP contribution is 2.37. The number of imidazole rings is 1. The standard InChI is InChI=1S/C18H25N5O2S/c1-3-20-17-16(12(2)19)22-18(21-9-8-14-5-4-10-26-14)23(17)15-7-6-13(11-24)25-15/h3-5,10,13,15,24H,2,6-9,11,19H2,1H3,(H,21,22)/b20-3-. The van der Waals surface area contributed by atoms with Crippen LogP contribution in [0, 0.1) is 0 Å². The van der Waals surface area contributed by atoms with E-state index in [1.807, 2.05) is 17.6 Å². The van der Waals surface area contributed by atoms with Crippen molar-refractivity contribution >= 4 is 35.0 Å². The van der Waals surface area contributed by atoms with Gasteiger partial charge in [-0.15, -0.1) is 11.3 Å². The van der Waals surface area contributed by atoms with Crippen molar-refractivity contribution in [1.82, 2.24) is 9.55 Å². The molecule has 0 saturated carbocycles. The molecule has 1 aliphatic rings. The Kier molecular flexibility index (Phi) is 6.08. The molecule has 0 bridgehead atoms. The Labute approximate surface area is 157 Å². The molecule has 0 aliphatic carbocycles. The lowest BCUT2D eigenvalue weighted by atomic mass is 10.2. The van der Waals surface area contributed by atoms with Gasteiger partial charge in [0.15, 0.2) is 5.82 Å². The molecular formula is C18H25N5O2S. The summed E-state index contributed by atoms with van der Waals surface area (Å²) in [7, 11) is 0. The topological polar surface area (TPSA) is 97.7 Å². The Bertz CT molecular complexity index is 769. The van der Waals surface area contributed by atoms with E-state index in [1.165, 1.54) is 4.88 Å². The van der Waals surface area contributed by atoms with Gasteiger partial charge < -0.3 is 20.9 Å². The lowest BCUT2D eigenvalue weighted by Crippen LogP contribution is -2.17. The highest BCUT2D eigenvalue weighted by Gasteiger charge is 2.31. The summed E-state index contributed by atoms with van der Waals surface area (Å²) >= 11 is 1.73. The van der Waals surface area contributed by atoms with E-state index in [4.69, 9.17) is 10.5 Å². The molecule has 2 aromatic rings. The van der Waals surface area contributed by atoms with Crippen molar-refractivity contribution in [2.75, 3.05) is 18.5 Å². The van der Waals surface area contributed by atoms with E-state index < -0.39 is 0 Å². The van der Waals surface area contributed by atoms with Crippen LogP contribution in [-0.4, -0.2) is 40.1 Å². The van der Waals surface area contributed by atoms with Crippen LogP contribution in [0.2, 0.25) is 0 Å². The van der Waals surface area contributed by atoms with Crippen molar-refractivity contribution in [1.29, 1.82) is 0 Å². The molecule has 7 nitrogen and oxygen atoms in total. The fourth-order valence-electron chi connectivity index (χ4n) is 3.05. The molecule has 1 fully saturated rings. The number of aromatic nitrogens is 2. The first-order valence-corrected chi connectivity index (χ1v) is 9.60. The van der Waals surface area contributed by atoms with Gasteiger partial charge >= 0.3 is 0 Å². The number of thiophene rings is 1. The van der Waals surface area contributed by atoms with Crippen LogP contribution >= 0.6 is 11.3 Å². The number of hydrogen-bond donors (Lipinski definition) is 3. The summed E-state index contributed by atoms with van der Waals surface area (Å²) in [5.41, 5.74) is 6.85. The lowest BCUT2D eigenvalue weighted by Gasteiger charge is -2.18. The van der Waals surface area contributed by atoms with Crippen LogP contribution in [0.25, 0.3) is 5.70 Å². The van der Waals surface area contributed by atoms with Crippen LogP contribution in [0.5, 0.6) is 0 Å². The summed E-state index contributed by atoms with van der Waals surface area (Å²) in [6, 6.07) is 4.16. The highest BCUT2D eigenvalue weighted by atomic mass is 32.1. The number of anilines is 1. The van der Waals surface area contributed by atoms with Gasteiger partial charge in [-0.2, -0.15) is 0 Å². The molecule has 0 aromatic carbocycles. The predicted molar refractivity (Wildman–Crippen MR) is 106 cm³/mol. The molecule has 140 valence electrons. The molecule has 8 heteroatoms. The van der Waals surface area contributed by atoms with Gasteiger partial charge in [0.1, 0.15) is 11.9 Å². The second-order valence-corrected chi connectivity index (χ2v) is 7.15. The molecule has 0 spiro atoms. The molecule has 3 rings (SSSR count). The number of ether oxygens (including phenoxy) is 1. The van der Waals surface area contributed by atoms with Crippen molar-refractivity contribution in [2.24, 2.45) is 10.7 Å². The third-order valence-corrected chi connectivity index (χ3v) is 5.19. The molecule has 3 heterocycles. The normalized spacial score (nSPS) is 20.1. The first kappa shape index (κ1) is 18.6. The molecule has 1 aliphatic heterocycles. The highest BCUT2D eigenvalue weighted by molar-refractivity contribution is 7.09. The van der Waals surface area contributed by atoms with E-state index in [0.717, 1.165) is 25.8 Å². The quantitative estimate of drug-likeness (QED) is 0.616. The Balaban J connectivity index is 1.88. The molecule has 2 aromatic heterocycles. The second-order valence-electron chi connectivity index (χ2n) is 6.12. The van der Waals surface area contributed by atoms with Crippen LogP contribution in [0.15, 0.2) is 29.1 Å². The summed E-state index contributed by atoms with van der Waals surface area (Å²) in [5.74, 6) is 1.29. The van der Waals surface area contributed by atoms with Gasteiger partial charge in [-0.25, -0.2) is 9.98 Å². The summed E-state index contributed by atoms with van der Waals surface area (Å²) in [6.45, 7) is 6.41. The summed E-state index contributed by atoms with van der Waals surface area (Å²) in [4.78, 5) is 10.4. The maximum atomic E-state index is 9.39. The monoisotopic (exact) mass is 375 g/mol. The van der Waals surface area contributed by atoms with Crippen molar-refractivity contribution in [3.8, 4) is 0 Å². The zero-order chi connectivity index (χ0) is 18.5. The van der Waals surface area contributed by atoms with E-state index in [-0.39, 0.29) is 18.9 Å². The van der Waals surface area contributed by atoms with Gasteiger partial charge in [-0.3, -0.25) is 4.57 Å². The fraction of sp³-hybridized carbons (Fsp3) is 0.444. The number of nitrogens with two attached hydrogens (primary N) is 1. The van der Waals surface area contributed by atoms with Crippen molar-refractivity contribution in [2.45, 2.75) is 38.5 Å². The molecular weight excluding hydrogens is 350 g/mol. The van der Waals surface area contributed by atoms with Crippen molar-refractivity contribution in [3.05, 3.63) is 34.7 Å². The van der Waals surface area contributed by atoms with Gasteiger partial charge in [-0.1, -0.05) is 12.6 Å². The van der Waals surface area contributed by atoms with E-state index >= 15 is 0 Å². The smallest absolute Gasteiger partial charge is 0.207 e. The predicted octanol–water partition coefficient (Wildman–Crippen LogP) is 2.92. The Morgan fingerprint density at radius 1 is 1.62 bits per heavy atom. The largest absolute Gasteiger partial charge is 0.397 e. The van der Waals surface area contributed by atoms with Gasteiger partial charge in [0.25, 0.3) is 0 Å². The first-order valence-electron chi connectivity index (χ1n) is 8.72. The summed E-state index contributed by atoms with van der Waals surface area (Å²) in [6.07, 6.45) is 3.78. The van der Waals surface area contributed by atoms with Crippen LogP contribution in [0.1, 0.15) is 36.6 Å². The first-order chi connectivity index (χ1) is 12.6. The molecule has 0 amide bonds. The minimum Gasteiger partial charge on any atom is -0.397 e. The number of hydrogen-bond acceptors (Lipinski definition) is 7. The number of nitrogens with one attached hydrogen (secondary N) is 1. The SMILES string of the molecule is C=C(N)c1nc(NCCc2cccs2)n(C2CCC(CO)O2)c1/N=C\C. The molecule has 2 atom stereocenters. The zero-order valence-electron chi connectivity index (χ0n) is 14.9. The van der Waals surface area contributed by atoms with Crippen molar-refractivity contribution in [3.63, 3.8) is 0 Å². The fourth-order valence-corrected chi connectivity index (χ4v) is 3.75. The maximum absolute atomic E-state index is 9.39. The molecule has 26 heavy (non-hydrogen) atoms. The van der Waals surface area contributed by atoms with Gasteiger partial charge in [-0.05, 0) is 37.6 Å². The second kappa shape index (κ2) is 8.48. The minimum atomic E-state index is -0.240. The third-order valence-electron chi connectivity index (χ3n) is 4.25. The van der Waals surface area contributed by atoms with Crippen LogP contribution < -0.4 is 11.1 Å². The van der Waals surface area contributed by atoms with Gasteiger partial charge in [0.2, 0.25) is 5.95 Å². The Morgan fingerprint density at radius 2 is 2.46 bits per heavy atom. The third kappa shape index (κ3) is 3.98. The Morgan fingerprint density at radius 3 is 3.08 bits per heavy atom. The van der Waals surface area contributed by atoms with Gasteiger partial charge in [0, 0.05) is 17.6 Å². The number of aliphatic hydroxyl groups excluding tert-OH is 1. The number of aliphatic hydroxyl groups is 1. The van der Waals surface area contributed by atoms with E-state index in [2.05, 4.69) is 33.3 Å². The average Bonchev–Trinajstić information content (AvgIpc) is 3.34. The average molecular weight is 375 g/mol. The maximum Gasteiger partial charge on any atom is 0.207 e. The number of aliphatic imine (C=N–C) groups is 1. The minimum absolute atomic E-state index is 0.00910. The molecule has 1 saturated heterocycles. The molecule has 2 unspecified atom stereocenters. The lowest BCUT2D eigenvalue weighted by molar-refractivity contribution is -0.0206. The van der Waals surface area contributed by atoms with E-state index in [9.17, 15) is 5.11 Å². The number of rotatable bonds is 8. The molecule has 0 radical (unpaired) electrons.